The van der Waals surface area contributed by atoms with Gasteiger partial charge in [0.2, 0.25) is 0 Å². The topological polar surface area (TPSA) is 54.4 Å². The number of allylic oxidation sites excluding steroid dienone is 4. The van der Waals surface area contributed by atoms with Gasteiger partial charge in [0.05, 0.1) is 16.1 Å². The van der Waals surface area contributed by atoms with Crippen LogP contribution in [0.5, 0.6) is 0 Å². The number of alkyl halides is 7. The number of amides is 1. The van der Waals surface area contributed by atoms with Gasteiger partial charge in [-0.15, -0.1) is 0 Å². The largest absolute Gasteiger partial charge is 0.433 e. The van der Waals surface area contributed by atoms with Crippen molar-refractivity contribution in [3.63, 3.8) is 0 Å². The number of carbonyl (C=O) groups excluding carboxylic acids is 1. The molecule has 2 aliphatic rings. The summed E-state index contributed by atoms with van der Waals surface area (Å²) in [6.45, 7) is -0.0460. The molecule has 1 aliphatic carbocycles. The fourth-order valence-electron chi connectivity index (χ4n) is 2.52. The monoisotopic (exact) mass is 465 g/mol. The Labute approximate surface area is 162 Å². The molecule has 2 heterocycles. The van der Waals surface area contributed by atoms with Crippen molar-refractivity contribution in [3.05, 3.63) is 64.7 Å². The van der Waals surface area contributed by atoms with Gasteiger partial charge in [-0.1, -0.05) is 22.0 Å². The van der Waals surface area contributed by atoms with E-state index in [9.17, 15) is 31.1 Å². The van der Waals surface area contributed by atoms with Crippen LogP contribution in [0.15, 0.2) is 58.4 Å². The van der Waals surface area contributed by atoms with Crippen LogP contribution in [0, 0.1) is 0 Å². The first-order chi connectivity index (χ1) is 12.9. The van der Waals surface area contributed by atoms with Gasteiger partial charge in [-0.3, -0.25) is 9.78 Å². The van der Waals surface area contributed by atoms with E-state index in [0.29, 0.717) is 11.8 Å². The van der Waals surface area contributed by atoms with Gasteiger partial charge in [0, 0.05) is 12.7 Å². The number of nitrogens with zero attached hydrogens (tertiary/aromatic N) is 2. The Hall–Kier alpha value is -2.43. The van der Waals surface area contributed by atoms with Crippen molar-refractivity contribution < 1.29 is 31.1 Å². The molecule has 0 bridgehead atoms. The van der Waals surface area contributed by atoms with Crippen molar-refractivity contribution >= 4 is 27.5 Å². The smallest absolute Gasteiger partial charge is 0.347 e. The molecule has 1 aromatic heterocycles. The van der Waals surface area contributed by atoms with E-state index in [2.05, 4.69) is 31.2 Å². The second-order valence-corrected chi connectivity index (χ2v) is 6.87. The van der Waals surface area contributed by atoms with Crippen molar-refractivity contribution in [2.75, 3.05) is 6.54 Å². The molecule has 28 heavy (non-hydrogen) atoms. The van der Waals surface area contributed by atoms with Gasteiger partial charge in [-0.2, -0.15) is 26.3 Å². The highest BCUT2D eigenvalue weighted by molar-refractivity contribution is 9.10. The molecule has 1 aromatic rings. The Morgan fingerprint density at radius 1 is 1.11 bits per heavy atom. The van der Waals surface area contributed by atoms with Crippen LogP contribution in [-0.4, -0.2) is 34.2 Å². The number of pyridine rings is 1. The quantitative estimate of drug-likeness (QED) is 0.532. The molecule has 11 heteroatoms. The van der Waals surface area contributed by atoms with E-state index in [4.69, 9.17) is 0 Å². The van der Waals surface area contributed by atoms with Crippen molar-refractivity contribution in [1.82, 2.24) is 10.3 Å². The maximum absolute atomic E-state index is 12.8. The number of hydrogen-bond donors (Lipinski definition) is 1. The SMILES string of the molecule is O=C(NCC1=CC(Br)C2=NC(C(F)(F)F)=CC2=C1)c1ccc(C(F)(F)F)cn1. The highest BCUT2D eigenvalue weighted by Crippen LogP contribution is 2.36. The van der Waals surface area contributed by atoms with Crippen LogP contribution >= 0.6 is 15.9 Å². The molecule has 1 amide bonds. The molecule has 0 saturated heterocycles. The zero-order valence-corrected chi connectivity index (χ0v) is 15.3. The molecule has 1 aliphatic heterocycles. The van der Waals surface area contributed by atoms with E-state index in [1.165, 1.54) is 6.08 Å². The summed E-state index contributed by atoms with van der Waals surface area (Å²) in [5.74, 6) is -0.712. The average Bonchev–Trinajstić information content (AvgIpc) is 3.04. The summed E-state index contributed by atoms with van der Waals surface area (Å²) >= 11 is 3.23. The lowest BCUT2D eigenvalue weighted by molar-refractivity contribution is -0.137. The molecule has 4 nitrogen and oxygen atoms in total. The maximum atomic E-state index is 12.8. The fourth-order valence-corrected chi connectivity index (χ4v) is 3.23. The van der Waals surface area contributed by atoms with Crippen LogP contribution in [0.4, 0.5) is 26.3 Å². The Kier molecular flexibility index (Phi) is 5.22. The minimum absolute atomic E-state index is 0.0460. The van der Waals surface area contributed by atoms with Crippen molar-refractivity contribution in [1.29, 1.82) is 0 Å². The summed E-state index contributed by atoms with van der Waals surface area (Å²) in [4.78, 5) is 18.5. The van der Waals surface area contributed by atoms with E-state index >= 15 is 0 Å². The number of carbonyl (C=O) groups is 1. The van der Waals surface area contributed by atoms with Crippen molar-refractivity contribution in [2.45, 2.75) is 17.2 Å². The van der Waals surface area contributed by atoms with Gasteiger partial charge in [-0.25, -0.2) is 4.99 Å². The van der Waals surface area contributed by atoms with Gasteiger partial charge >= 0.3 is 12.4 Å². The second-order valence-electron chi connectivity index (χ2n) is 5.88. The standard InChI is InChI=1S/C17H10BrF6N3O/c18-11-4-8(3-9-5-13(17(22,23)24)27-14(9)11)6-26-15(28)12-2-1-10(7-25-12)16(19,20)21/h1-5,7,11H,6H2,(H,26,28). The highest BCUT2D eigenvalue weighted by atomic mass is 79.9. The van der Waals surface area contributed by atoms with Crippen LogP contribution in [0.25, 0.3) is 0 Å². The van der Waals surface area contributed by atoms with Crippen LogP contribution in [0.3, 0.4) is 0 Å². The van der Waals surface area contributed by atoms with Gasteiger partial charge in [-0.05, 0) is 35.4 Å². The summed E-state index contributed by atoms with van der Waals surface area (Å²) in [6.07, 6.45) is -4.63. The summed E-state index contributed by atoms with van der Waals surface area (Å²) in [6, 6.07) is 1.68. The number of halogens is 7. The number of hydrogen-bond acceptors (Lipinski definition) is 3. The first kappa shape index (κ1) is 20.3. The van der Waals surface area contributed by atoms with Crippen LogP contribution in [-0.2, 0) is 6.18 Å². The molecule has 0 spiro atoms. The Morgan fingerprint density at radius 3 is 2.39 bits per heavy atom. The number of aliphatic imine (C=N–C) groups is 1. The summed E-state index contributed by atoms with van der Waals surface area (Å²) in [5, 5.41) is 2.47. The van der Waals surface area contributed by atoms with E-state index in [0.717, 1.165) is 18.2 Å². The Morgan fingerprint density at radius 2 is 1.82 bits per heavy atom. The predicted octanol–water partition coefficient (Wildman–Crippen LogP) is 4.36. The highest BCUT2D eigenvalue weighted by Gasteiger charge is 2.38. The van der Waals surface area contributed by atoms with Crippen molar-refractivity contribution in [3.8, 4) is 0 Å². The molecule has 0 aromatic carbocycles. The zero-order chi connectivity index (χ0) is 20.7. The van der Waals surface area contributed by atoms with Crippen LogP contribution < -0.4 is 5.32 Å². The number of fused-ring (bicyclic) bond motifs is 1. The number of aromatic nitrogens is 1. The third-order valence-electron chi connectivity index (χ3n) is 3.86. The minimum atomic E-state index is -4.57. The van der Waals surface area contributed by atoms with E-state index in [1.54, 1.807) is 6.08 Å². The van der Waals surface area contributed by atoms with E-state index in [-0.39, 0.29) is 23.5 Å². The lowest BCUT2D eigenvalue weighted by Crippen LogP contribution is -2.28. The zero-order valence-electron chi connectivity index (χ0n) is 13.7. The molecular formula is C17H10BrF6N3O. The first-order valence-corrected chi connectivity index (χ1v) is 8.62. The molecule has 1 unspecified atom stereocenters. The molecule has 1 N–H and O–H groups in total. The predicted molar refractivity (Wildman–Crippen MR) is 92.0 cm³/mol. The summed E-state index contributed by atoms with van der Waals surface area (Å²) in [5.41, 5.74) is -1.21. The molecular weight excluding hydrogens is 456 g/mol. The lowest BCUT2D eigenvalue weighted by atomic mass is 9.98. The molecule has 3 rings (SSSR count). The molecule has 148 valence electrons. The molecule has 1 atom stereocenters. The number of rotatable bonds is 3. The summed E-state index contributed by atoms with van der Waals surface area (Å²) in [7, 11) is 0. The lowest BCUT2D eigenvalue weighted by Gasteiger charge is -2.16. The van der Waals surface area contributed by atoms with Gasteiger partial charge in [0.15, 0.2) is 0 Å². The molecule has 0 saturated carbocycles. The van der Waals surface area contributed by atoms with E-state index < -0.39 is 34.3 Å². The third-order valence-corrected chi connectivity index (χ3v) is 4.56. The Bertz CT molecular complexity index is 926. The number of nitrogens with one attached hydrogen (secondary N) is 1. The molecule has 0 fully saturated rings. The molecule has 0 radical (unpaired) electrons. The van der Waals surface area contributed by atoms with Gasteiger partial charge < -0.3 is 5.32 Å². The first-order valence-electron chi connectivity index (χ1n) is 7.71. The second kappa shape index (κ2) is 7.19. The van der Waals surface area contributed by atoms with E-state index in [1.807, 2.05) is 0 Å². The fraction of sp³-hybridized carbons (Fsp3) is 0.235. The van der Waals surface area contributed by atoms with Gasteiger partial charge in [0.25, 0.3) is 5.91 Å². The summed E-state index contributed by atoms with van der Waals surface area (Å²) < 4.78 is 75.9. The average molecular weight is 466 g/mol. The third kappa shape index (κ3) is 4.34. The Balaban J connectivity index is 1.68. The minimum Gasteiger partial charge on any atom is -0.347 e. The normalized spacial score (nSPS) is 19.3. The van der Waals surface area contributed by atoms with Crippen LogP contribution in [0.2, 0.25) is 0 Å². The maximum Gasteiger partial charge on any atom is 0.433 e. The van der Waals surface area contributed by atoms with Crippen LogP contribution in [0.1, 0.15) is 16.1 Å². The van der Waals surface area contributed by atoms with Gasteiger partial charge in [0.1, 0.15) is 11.4 Å². The van der Waals surface area contributed by atoms with Crippen molar-refractivity contribution in [2.24, 2.45) is 4.99 Å².